The lowest BCUT2D eigenvalue weighted by Gasteiger charge is -2.07. The minimum atomic E-state index is -0.712. The van der Waals surface area contributed by atoms with E-state index in [-0.39, 0.29) is 16.6 Å². The van der Waals surface area contributed by atoms with Crippen molar-refractivity contribution in [2.75, 3.05) is 10.6 Å². The number of halogens is 3. The Balaban J connectivity index is 1.82. The van der Waals surface area contributed by atoms with Crippen molar-refractivity contribution in [1.29, 1.82) is 0 Å². The van der Waals surface area contributed by atoms with E-state index in [1.54, 1.807) is 23.6 Å². The summed E-state index contributed by atoms with van der Waals surface area (Å²) in [4.78, 5) is 27.8. The predicted molar refractivity (Wildman–Crippen MR) is 106 cm³/mol. The molecule has 138 valence electrons. The van der Waals surface area contributed by atoms with E-state index in [0.29, 0.717) is 27.0 Å². The summed E-state index contributed by atoms with van der Waals surface area (Å²) < 4.78 is 14.0. The standard InChI is InChI=1S/C18H12Cl2FN3O2S/c1-9(25)22-11-3-5-15(21)13(7-11)17(26)24-18-23-16(8-27-18)12-6-10(19)2-4-14(12)20/h2-8H,1H3,(H,22,25)(H,23,24,26). The highest BCUT2D eigenvalue weighted by Gasteiger charge is 2.16. The normalized spacial score (nSPS) is 10.5. The zero-order valence-corrected chi connectivity index (χ0v) is 16.2. The van der Waals surface area contributed by atoms with Crippen LogP contribution in [0.1, 0.15) is 17.3 Å². The van der Waals surface area contributed by atoms with Crippen molar-refractivity contribution in [3.63, 3.8) is 0 Å². The van der Waals surface area contributed by atoms with Crippen LogP contribution in [0, 0.1) is 5.82 Å². The Morgan fingerprint density at radius 3 is 2.63 bits per heavy atom. The Morgan fingerprint density at radius 2 is 1.89 bits per heavy atom. The molecule has 3 aromatic rings. The highest BCUT2D eigenvalue weighted by atomic mass is 35.5. The van der Waals surface area contributed by atoms with Crippen LogP contribution >= 0.6 is 34.5 Å². The Morgan fingerprint density at radius 1 is 1.11 bits per heavy atom. The van der Waals surface area contributed by atoms with Crippen molar-refractivity contribution in [1.82, 2.24) is 4.98 Å². The number of anilines is 2. The lowest BCUT2D eigenvalue weighted by Crippen LogP contribution is -2.15. The Kier molecular flexibility index (Phi) is 5.74. The van der Waals surface area contributed by atoms with Crippen LogP contribution in [0.25, 0.3) is 11.3 Å². The van der Waals surface area contributed by atoms with Gasteiger partial charge in [0.1, 0.15) is 5.82 Å². The Labute approximate surface area is 168 Å². The molecule has 0 spiro atoms. The monoisotopic (exact) mass is 423 g/mol. The van der Waals surface area contributed by atoms with Gasteiger partial charge in [0, 0.05) is 28.6 Å². The first kappa shape index (κ1) is 19.3. The van der Waals surface area contributed by atoms with Crippen LogP contribution < -0.4 is 10.6 Å². The van der Waals surface area contributed by atoms with Crippen LogP contribution in [0.5, 0.6) is 0 Å². The maximum absolute atomic E-state index is 14.0. The third-order valence-corrected chi connectivity index (χ3v) is 4.78. The van der Waals surface area contributed by atoms with Crippen LogP contribution in [0.3, 0.4) is 0 Å². The number of rotatable bonds is 4. The molecule has 0 saturated heterocycles. The summed E-state index contributed by atoms with van der Waals surface area (Å²) in [6, 6.07) is 8.72. The molecule has 0 saturated carbocycles. The first-order valence-corrected chi connectivity index (χ1v) is 9.26. The third-order valence-electron chi connectivity index (χ3n) is 3.46. The molecule has 2 aromatic carbocycles. The first-order chi connectivity index (χ1) is 12.8. The van der Waals surface area contributed by atoms with Gasteiger partial charge in [-0.2, -0.15) is 0 Å². The molecule has 0 aliphatic carbocycles. The number of hydrogen-bond acceptors (Lipinski definition) is 4. The average molecular weight is 424 g/mol. The molecule has 1 heterocycles. The number of carbonyl (C=O) groups excluding carboxylic acids is 2. The second kappa shape index (κ2) is 8.04. The van der Waals surface area contributed by atoms with Crippen molar-refractivity contribution in [2.45, 2.75) is 6.92 Å². The van der Waals surface area contributed by atoms with Crippen molar-refractivity contribution in [3.05, 3.63) is 63.2 Å². The molecule has 0 fully saturated rings. The summed E-state index contributed by atoms with van der Waals surface area (Å²) in [5.74, 6) is -1.72. The first-order valence-electron chi connectivity index (χ1n) is 7.63. The third kappa shape index (κ3) is 4.63. The molecule has 0 aliphatic rings. The van der Waals surface area contributed by atoms with E-state index in [2.05, 4.69) is 15.6 Å². The number of carbonyl (C=O) groups is 2. The zero-order valence-electron chi connectivity index (χ0n) is 13.8. The summed E-state index contributed by atoms with van der Waals surface area (Å²) in [6.45, 7) is 1.32. The second-order valence-corrected chi connectivity index (χ2v) is 7.19. The fourth-order valence-electron chi connectivity index (χ4n) is 2.29. The van der Waals surface area contributed by atoms with Crippen LogP contribution in [-0.2, 0) is 4.79 Å². The van der Waals surface area contributed by atoms with Gasteiger partial charge >= 0.3 is 0 Å². The van der Waals surface area contributed by atoms with Crippen molar-refractivity contribution < 1.29 is 14.0 Å². The van der Waals surface area contributed by atoms with Gasteiger partial charge in [-0.05, 0) is 36.4 Å². The van der Waals surface area contributed by atoms with Crippen LogP contribution in [0.4, 0.5) is 15.2 Å². The van der Waals surface area contributed by atoms with E-state index in [0.717, 1.165) is 6.07 Å². The summed E-state index contributed by atoms with van der Waals surface area (Å²) in [6.07, 6.45) is 0. The summed E-state index contributed by atoms with van der Waals surface area (Å²) >= 11 is 13.3. The summed E-state index contributed by atoms with van der Waals surface area (Å²) in [7, 11) is 0. The summed E-state index contributed by atoms with van der Waals surface area (Å²) in [5, 5.41) is 8.00. The highest BCUT2D eigenvalue weighted by Crippen LogP contribution is 2.32. The molecule has 5 nitrogen and oxygen atoms in total. The van der Waals surface area contributed by atoms with Gasteiger partial charge in [0.05, 0.1) is 16.3 Å². The van der Waals surface area contributed by atoms with Gasteiger partial charge in [-0.3, -0.25) is 14.9 Å². The van der Waals surface area contributed by atoms with Crippen molar-refractivity contribution in [2.24, 2.45) is 0 Å². The quantitative estimate of drug-likeness (QED) is 0.584. The van der Waals surface area contributed by atoms with Crippen molar-refractivity contribution in [3.8, 4) is 11.3 Å². The molecule has 3 rings (SSSR count). The molecule has 0 radical (unpaired) electrons. The molecule has 27 heavy (non-hydrogen) atoms. The maximum Gasteiger partial charge on any atom is 0.260 e. The molecule has 2 amide bonds. The lowest BCUT2D eigenvalue weighted by molar-refractivity contribution is -0.114. The minimum absolute atomic E-state index is 0.209. The fourth-order valence-corrected chi connectivity index (χ4v) is 3.39. The largest absolute Gasteiger partial charge is 0.326 e. The van der Waals surface area contributed by atoms with E-state index in [4.69, 9.17) is 23.2 Å². The number of nitrogens with one attached hydrogen (secondary N) is 2. The van der Waals surface area contributed by atoms with Crippen LogP contribution in [-0.4, -0.2) is 16.8 Å². The van der Waals surface area contributed by atoms with E-state index in [9.17, 15) is 14.0 Å². The maximum atomic E-state index is 14.0. The molecule has 0 aliphatic heterocycles. The lowest BCUT2D eigenvalue weighted by atomic mass is 10.1. The number of hydrogen-bond donors (Lipinski definition) is 2. The number of nitrogens with zero attached hydrogens (tertiary/aromatic N) is 1. The Bertz CT molecular complexity index is 1040. The number of thiazole rings is 1. The molecule has 9 heteroatoms. The van der Waals surface area contributed by atoms with Gasteiger partial charge in [-0.25, -0.2) is 9.37 Å². The van der Waals surface area contributed by atoms with Gasteiger partial charge in [0.25, 0.3) is 5.91 Å². The molecule has 0 atom stereocenters. The number of aromatic nitrogens is 1. The van der Waals surface area contributed by atoms with Gasteiger partial charge < -0.3 is 5.32 Å². The molecular weight excluding hydrogens is 412 g/mol. The van der Waals surface area contributed by atoms with Crippen LogP contribution in [0.15, 0.2) is 41.8 Å². The summed E-state index contributed by atoms with van der Waals surface area (Å²) in [5.41, 5.74) is 1.27. The molecule has 2 N–H and O–H groups in total. The topological polar surface area (TPSA) is 71.1 Å². The van der Waals surface area contributed by atoms with E-state index >= 15 is 0 Å². The molecule has 1 aromatic heterocycles. The highest BCUT2D eigenvalue weighted by molar-refractivity contribution is 7.14. The van der Waals surface area contributed by atoms with Crippen LogP contribution in [0.2, 0.25) is 10.0 Å². The number of benzene rings is 2. The van der Waals surface area contributed by atoms with Gasteiger partial charge in [0.2, 0.25) is 5.91 Å². The Hall–Kier alpha value is -2.48. The average Bonchev–Trinajstić information content (AvgIpc) is 3.06. The van der Waals surface area contributed by atoms with E-state index in [1.165, 1.54) is 30.4 Å². The molecular formula is C18H12Cl2FN3O2S. The van der Waals surface area contributed by atoms with E-state index in [1.807, 2.05) is 0 Å². The van der Waals surface area contributed by atoms with Crippen molar-refractivity contribution >= 4 is 57.2 Å². The van der Waals surface area contributed by atoms with Gasteiger partial charge in [-0.15, -0.1) is 11.3 Å². The second-order valence-electron chi connectivity index (χ2n) is 5.49. The smallest absolute Gasteiger partial charge is 0.260 e. The molecule has 0 bridgehead atoms. The SMILES string of the molecule is CC(=O)Nc1ccc(F)c(C(=O)Nc2nc(-c3cc(Cl)ccc3Cl)cs2)c1. The zero-order chi connectivity index (χ0) is 19.6. The molecule has 0 unspecified atom stereocenters. The number of amides is 2. The van der Waals surface area contributed by atoms with Gasteiger partial charge in [0.15, 0.2) is 5.13 Å². The predicted octanol–water partition coefficient (Wildman–Crippen LogP) is 5.47. The fraction of sp³-hybridized carbons (Fsp3) is 0.0556. The van der Waals surface area contributed by atoms with E-state index < -0.39 is 11.7 Å². The van der Waals surface area contributed by atoms with Gasteiger partial charge in [-0.1, -0.05) is 23.2 Å². The minimum Gasteiger partial charge on any atom is -0.326 e.